The highest BCUT2D eigenvalue weighted by molar-refractivity contribution is 5.03. The summed E-state index contributed by atoms with van der Waals surface area (Å²) < 4.78 is 0. The predicted octanol–water partition coefficient (Wildman–Crippen LogP) is -2.83. The van der Waals surface area contributed by atoms with Crippen LogP contribution in [0.3, 0.4) is 0 Å². The smallest absolute Gasteiger partial charge is 0.139 e. The highest BCUT2D eigenvalue weighted by Crippen LogP contribution is 1.83. The largest absolute Gasteiger partial charge is 0.380 e. The summed E-state index contributed by atoms with van der Waals surface area (Å²) in [7, 11) is 2.24. The van der Waals surface area contributed by atoms with Crippen molar-refractivity contribution in [2.24, 2.45) is 0 Å². The monoisotopic (exact) mass is 198 g/mol. The van der Waals surface area contributed by atoms with Crippen LogP contribution in [0.5, 0.6) is 0 Å². The van der Waals surface area contributed by atoms with Crippen LogP contribution in [0.2, 0.25) is 0 Å². The average molecular weight is 198 g/mol. The molecule has 0 radical (unpaired) electrons. The zero-order chi connectivity index (χ0) is 10.4. The molecule has 80 valence electrons. The molecule has 0 aliphatic carbocycles. The number of aliphatic hydroxyl groups excluding tert-OH is 1. The van der Waals surface area contributed by atoms with Gasteiger partial charge in [-0.1, -0.05) is 12.8 Å². The van der Waals surface area contributed by atoms with Gasteiger partial charge in [-0.05, 0) is 12.3 Å². The number of aliphatic hydroxyl groups is 1. The van der Waals surface area contributed by atoms with Crippen LogP contribution in [-0.4, -0.2) is 51.0 Å². The third-order valence-electron chi connectivity index (χ3n) is 2.80. The van der Waals surface area contributed by atoms with Crippen molar-refractivity contribution < 1.29 is 14.9 Å². The van der Waals surface area contributed by atoms with Gasteiger partial charge in [0, 0.05) is 0 Å². The zero-order valence-corrected chi connectivity index (χ0v) is 9.27. The van der Waals surface area contributed by atoms with Crippen molar-refractivity contribution in [1.82, 2.24) is 0 Å². The molecular weight excluding hydrogens is 176 g/mol. The molecule has 0 saturated carbocycles. The summed E-state index contributed by atoms with van der Waals surface area (Å²) in [5, 5.41) is 9.24. The summed E-state index contributed by atoms with van der Waals surface area (Å²) in [6, 6.07) is 0. The molecule has 1 saturated heterocycles. The second-order valence-electron chi connectivity index (χ2n) is 4.13. The molecule has 0 aromatic carbocycles. The topological polar surface area (TPSA) is 29.1 Å². The van der Waals surface area contributed by atoms with Crippen molar-refractivity contribution in [1.29, 1.82) is 0 Å². The van der Waals surface area contributed by atoms with Gasteiger partial charge in [0.05, 0.1) is 7.05 Å². The number of nitrogens with one attached hydrogen (secondary N) is 2. The van der Waals surface area contributed by atoms with E-state index in [0.717, 1.165) is 13.0 Å². The Morgan fingerprint density at radius 1 is 1.29 bits per heavy atom. The van der Waals surface area contributed by atoms with Crippen LogP contribution >= 0.6 is 0 Å². The van der Waals surface area contributed by atoms with Gasteiger partial charge >= 0.3 is 0 Å². The lowest BCUT2D eigenvalue weighted by atomic mass is 10.3. The third-order valence-corrected chi connectivity index (χ3v) is 2.80. The van der Waals surface area contributed by atoms with Gasteiger partial charge in [-0.25, -0.2) is 0 Å². The van der Waals surface area contributed by atoms with Crippen LogP contribution in [0, 0.1) is 11.8 Å². The van der Waals surface area contributed by atoms with E-state index in [4.69, 9.17) is 0 Å². The molecule has 0 aromatic heterocycles. The van der Waals surface area contributed by atoms with Gasteiger partial charge in [-0.15, -0.1) is 0 Å². The molecule has 0 unspecified atom stereocenters. The lowest BCUT2D eigenvalue weighted by Crippen LogP contribution is -3.26. The molecule has 1 heterocycles. The Kier molecular flexibility index (Phi) is 4.95. The first kappa shape index (κ1) is 11.5. The molecule has 1 rings (SSSR count). The molecule has 3 nitrogen and oxygen atoms in total. The molecule has 1 atom stereocenters. The van der Waals surface area contributed by atoms with E-state index in [0.29, 0.717) is 0 Å². The Morgan fingerprint density at radius 2 is 1.93 bits per heavy atom. The molecule has 1 aliphatic heterocycles. The number of piperazine rings is 1. The zero-order valence-electron chi connectivity index (χ0n) is 9.27. The first-order valence-corrected chi connectivity index (χ1v) is 5.53. The van der Waals surface area contributed by atoms with Gasteiger partial charge in [-0.3, -0.25) is 0 Å². The molecule has 0 aromatic rings. The van der Waals surface area contributed by atoms with Crippen LogP contribution in [0.25, 0.3) is 0 Å². The summed E-state index contributed by atoms with van der Waals surface area (Å²) in [6.45, 7) is 7.75. The quantitative estimate of drug-likeness (QED) is 0.410. The SMILES string of the molecule is CC[C@@H](O)C#CC[NH+]1CC[NH+](C)CC1. The van der Waals surface area contributed by atoms with E-state index in [9.17, 15) is 5.11 Å². The summed E-state index contributed by atoms with van der Waals surface area (Å²) in [5.41, 5.74) is 0. The highest BCUT2D eigenvalue weighted by Gasteiger charge is 2.18. The number of quaternary nitrogens is 2. The maximum atomic E-state index is 9.24. The van der Waals surface area contributed by atoms with E-state index in [-0.39, 0.29) is 0 Å². The van der Waals surface area contributed by atoms with Gasteiger partial charge in [0.2, 0.25) is 0 Å². The molecule has 0 bridgehead atoms. The molecule has 1 aliphatic rings. The fraction of sp³-hybridized carbons (Fsp3) is 0.818. The van der Waals surface area contributed by atoms with Gasteiger partial charge in [0.1, 0.15) is 38.8 Å². The van der Waals surface area contributed by atoms with Gasteiger partial charge in [0.25, 0.3) is 0 Å². The maximum Gasteiger partial charge on any atom is 0.139 e. The molecule has 3 N–H and O–H groups in total. The Bertz CT molecular complexity index is 211. The van der Waals surface area contributed by atoms with E-state index in [1.807, 2.05) is 6.92 Å². The second kappa shape index (κ2) is 6.02. The van der Waals surface area contributed by atoms with Gasteiger partial charge in [0.15, 0.2) is 0 Å². The summed E-state index contributed by atoms with van der Waals surface area (Å²) >= 11 is 0. The van der Waals surface area contributed by atoms with Crippen molar-refractivity contribution in [3.05, 3.63) is 0 Å². The maximum absolute atomic E-state index is 9.24. The Balaban J connectivity index is 2.20. The minimum atomic E-state index is -0.424. The average Bonchev–Trinajstić information content (AvgIpc) is 2.21. The number of rotatable bonds is 2. The van der Waals surface area contributed by atoms with Crippen LogP contribution < -0.4 is 9.80 Å². The van der Waals surface area contributed by atoms with Gasteiger partial charge in [-0.2, -0.15) is 0 Å². The van der Waals surface area contributed by atoms with Crippen LogP contribution in [0.4, 0.5) is 0 Å². The van der Waals surface area contributed by atoms with Crippen molar-refractivity contribution in [2.75, 3.05) is 39.8 Å². The Morgan fingerprint density at radius 3 is 2.50 bits per heavy atom. The fourth-order valence-corrected chi connectivity index (χ4v) is 1.60. The second-order valence-corrected chi connectivity index (χ2v) is 4.13. The van der Waals surface area contributed by atoms with Crippen molar-refractivity contribution >= 4 is 0 Å². The number of hydrogen-bond acceptors (Lipinski definition) is 1. The predicted molar refractivity (Wildman–Crippen MR) is 56.3 cm³/mol. The van der Waals surface area contributed by atoms with Crippen molar-refractivity contribution in [3.8, 4) is 11.8 Å². The number of likely N-dealkylation sites (N-methyl/N-ethyl adjacent to an activating group) is 1. The van der Waals surface area contributed by atoms with Crippen LogP contribution in [0.15, 0.2) is 0 Å². The molecule has 14 heavy (non-hydrogen) atoms. The lowest BCUT2D eigenvalue weighted by molar-refractivity contribution is -1.000. The first-order chi connectivity index (χ1) is 6.72. The van der Waals surface area contributed by atoms with E-state index in [1.165, 1.54) is 26.2 Å². The van der Waals surface area contributed by atoms with E-state index < -0.39 is 6.10 Å². The molecule has 0 amide bonds. The first-order valence-electron chi connectivity index (χ1n) is 5.53. The third kappa shape index (κ3) is 4.10. The van der Waals surface area contributed by atoms with Gasteiger partial charge < -0.3 is 14.9 Å². The highest BCUT2D eigenvalue weighted by atomic mass is 16.3. The summed E-state index contributed by atoms with van der Waals surface area (Å²) in [5.74, 6) is 5.94. The normalized spacial score (nSPS) is 29.1. The van der Waals surface area contributed by atoms with Crippen LogP contribution in [0.1, 0.15) is 13.3 Å². The van der Waals surface area contributed by atoms with E-state index >= 15 is 0 Å². The standard InChI is InChI=1S/C11H20N2O/c1-3-11(14)5-4-6-13-9-7-12(2)8-10-13/h11,14H,3,6-10H2,1-2H3/p+2/t11-/m1/s1. The molecule has 1 fully saturated rings. The minimum Gasteiger partial charge on any atom is -0.380 e. The lowest BCUT2D eigenvalue weighted by Gasteiger charge is -2.25. The van der Waals surface area contributed by atoms with Crippen molar-refractivity contribution in [2.45, 2.75) is 19.4 Å². The molecular formula is C11H22N2O+2. The fourth-order valence-electron chi connectivity index (χ4n) is 1.60. The van der Waals surface area contributed by atoms with E-state index in [1.54, 1.807) is 9.80 Å². The minimum absolute atomic E-state index is 0.424. The van der Waals surface area contributed by atoms with E-state index in [2.05, 4.69) is 18.9 Å². The van der Waals surface area contributed by atoms with Crippen molar-refractivity contribution in [3.63, 3.8) is 0 Å². The summed E-state index contributed by atoms with van der Waals surface area (Å²) in [4.78, 5) is 3.18. The summed E-state index contributed by atoms with van der Waals surface area (Å²) in [6.07, 6.45) is 0.308. The molecule has 0 spiro atoms. The Hall–Kier alpha value is -0.560. The Labute approximate surface area is 86.7 Å². The molecule has 3 heteroatoms. The number of hydrogen-bond donors (Lipinski definition) is 3. The van der Waals surface area contributed by atoms with Crippen LogP contribution in [-0.2, 0) is 0 Å².